The quantitative estimate of drug-likeness (QED) is 0.613. The average molecular weight is 432 g/mol. The molecule has 0 aliphatic heterocycles. The third-order valence-corrected chi connectivity index (χ3v) is 8.13. The zero-order valence-electron chi connectivity index (χ0n) is 19.8. The number of ether oxygens (including phenoxy) is 1. The predicted molar refractivity (Wildman–Crippen MR) is 123 cm³/mol. The lowest BCUT2D eigenvalue weighted by Gasteiger charge is -2.42. The Kier molecular flexibility index (Phi) is 7.50. The molecule has 0 saturated heterocycles. The highest BCUT2D eigenvalue weighted by Gasteiger charge is 2.48. The Balaban J connectivity index is 1.73. The highest BCUT2D eigenvalue weighted by molar-refractivity contribution is 5.75. The number of hydrogen-bond acceptors (Lipinski definition) is 4. The van der Waals surface area contributed by atoms with E-state index < -0.39 is 11.9 Å². The zero-order chi connectivity index (χ0) is 22.8. The Morgan fingerprint density at radius 2 is 2.06 bits per heavy atom. The van der Waals surface area contributed by atoms with Crippen LogP contribution in [0.5, 0.6) is 0 Å². The standard InChI is InChI=1S/C26H41NO4/c1-6-21-11-12-22-19(8-7-14-25(21,22)3)9-10-20-16-26(30,17-23(28)18(20)2)31-15-13-24(29)27(4)5/h9-10,21-23,28,30H,2,6-8,11-17H2,1,3-5H3/t21-,22+,23-,25+,26-/m0/s1. The number of aliphatic hydroxyl groups is 2. The van der Waals surface area contributed by atoms with Gasteiger partial charge in [-0.15, -0.1) is 0 Å². The fraction of sp³-hybridized carbons (Fsp3) is 0.731. The molecule has 0 unspecified atom stereocenters. The van der Waals surface area contributed by atoms with Gasteiger partial charge in [-0.3, -0.25) is 4.79 Å². The van der Waals surface area contributed by atoms with Gasteiger partial charge in [0.1, 0.15) is 0 Å². The van der Waals surface area contributed by atoms with E-state index in [0.29, 0.717) is 16.9 Å². The molecule has 3 aliphatic rings. The largest absolute Gasteiger partial charge is 0.388 e. The van der Waals surface area contributed by atoms with Crippen molar-refractivity contribution >= 4 is 5.91 Å². The van der Waals surface area contributed by atoms with Crippen LogP contribution in [0.25, 0.3) is 0 Å². The van der Waals surface area contributed by atoms with Crippen LogP contribution >= 0.6 is 0 Å². The second kappa shape index (κ2) is 9.60. The SMILES string of the molecule is C=C1C(=CC=C2CCC[C@]3(C)[C@@H](CC)CC[C@H]23)C[C@](O)(OCCC(=O)N(C)C)C[C@@H]1O. The molecule has 3 saturated carbocycles. The smallest absolute Gasteiger partial charge is 0.224 e. The summed E-state index contributed by atoms with van der Waals surface area (Å²) in [5.41, 5.74) is 3.41. The van der Waals surface area contributed by atoms with Gasteiger partial charge < -0.3 is 19.8 Å². The van der Waals surface area contributed by atoms with Crippen molar-refractivity contribution < 1.29 is 19.7 Å². The van der Waals surface area contributed by atoms with Crippen molar-refractivity contribution in [3.05, 3.63) is 35.5 Å². The Hall–Kier alpha value is -1.43. The van der Waals surface area contributed by atoms with Gasteiger partial charge in [-0.25, -0.2) is 0 Å². The van der Waals surface area contributed by atoms with E-state index in [1.54, 1.807) is 14.1 Å². The van der Waals surface area contributed by atoms with Crippen molar-refractivity contribution in [1.82, 2.24) is 4.90 Å². The molecule has 31 heavy (non-hydrogen) atoms. The van der Waals surface area contributed by atoms with Crippen molar-refractivity contribution in [1.29, 1.82) is 0 Å². The topological polar surface area (TPSA) is 70.0 Å². The minimum atomic E-state index is -1.47. The molecule has 0 aromatic carbocycles. The van der Waals surface area contributed by atoms with Crippen LogP contribution in [0.2, 0.25) is 0 Å². The normalized spacial score (nSPS) is 38.5. The Morgan fingerprint density at radius 1 is 1.32 bits per heavy atom. The number of carbonyl (C=O) groups excluding carboxylic acids is 1. The molecule has 0 spiro atoms. The first-order valence-electron chi connectivity index (χ1n) is 11.9. The van der Waals surface area contributed by atoms with E-state index in [2.05, 4.69) is 26.5 Å². The summed E-state index contributed by atoms with van der Waals surface area (Å²) in [6.45, 7) is 8.99. The third kappa shape index (κ3) is 5.15. The molecule has 5 heteroatoms. The summed E-state index contributed by atoms with van der Waals surface area (Å²) < 4.78 is 5.69. The lowest BCUT2D eigenvalue weighted by Crippen LogP contribution is -2.42. The van der Waals surface area contributed by atoms with Crippen LogP contribution in [0, 0.1) is 17.3 Å². The first-order valence-corrected chi connectivity index (χ1v) is 11.9. The first kappa shape index (κ1) is 24.2. The Labute approximate surface area is 187 Å². The van der Waals surface area contributed by atoms with Crippen LogP contribution in [-0.2, 0) is 9.53 Å². The van der Waals surface area contributed by atoms with Gasteiger partial charge >= 0.3 is 0 Å². The van der Waals surface area contributed by atoms with Crippen molar-refractivity contribution in [3.63, 3.8) is 0 Å². The van der Waals surface area contributed by atoms with Crippen molar-refractivity contribution in [2.45, 2.75) is 83.5 Å². The lowest BCUT2D eigenvalue weighted by atomic mass is 9.63. The number of allylic oxidation sites excluding steroid dienone is 3. The van der Waals surface area contributed by atoms with E-state index >= 15 is 0 Å². The fourth-order valence-electron chi connectivity index (χ4n) is 6.17. The molecule has 3 rings (SSSR count). The number of rotatable bonds is 6. The van der Waals surface area contributed by atoms with Crippen molar-refractivity contribution in [2.75, 3.05) is 20.7 Å². The number of hydrogen-bond donors (Lipinski definition) is 2. The Morgan fingerprint density at radius 3 is 2.74 bits per heavy atom. The first-order chi connectivity index (χ1) is 14.6. The summed E-state index contributed by atoms with van der Waals surface area (Å²) in [7, 11) is 3.39. The molecule has 5 atom stereocenters. The summed E-state index contributed by atoms with van der Waals surface area (Å²) in [4.78, 5) is 13.3. The van der Waals surface area contributed by atoms with Crippen molar-refractivity contribution in [2.24, 2.45) is 17.3 Å². The van der Waals surface area contributed by atoms with Crippen LogP contribution < -0.4 is 0 Å². The average Bonchev–Trinajstić information content (AvgIpc) is 3.06. The van der Waals surface area contributed by atoms with E-state index in [0.717, 1.165) is 17.9 Å². The summed E-state index contributed by atoms with van der Waals surface area (Å²) in [5.74, 6) is -0.0768. The number of fused-ring (bicyclic) bond motifs is 1. The molecule has 0 aromatic rings. The van der Waals surface area contributed by atoms with E-state index in [1.165, 1.54) is 42.6 Å². The minimum absolute atomic E-state index is 0.0489. The van der Waals surface area contributed by atoms with Gasteiger partial charge in [-0.2, -0.15) is 0 Å². The van der Waals surface area contributed by atoms with E-state index in [-0.39, 0.29) is 31.8 Å². The van der Waals surface area contributed by atoms with Gasteiger partial charge in [0, 0.05) is 26.9 Å². The number of amides is 1. The molecule has 0 aromatic heterocycles. The second-order valence-corrected chi connectivity index (χ2v) is 10.3. The molecular formula is C26H41NO4. The molecular weight excluding hydrogens is 390 g/mol. The van der Waals surface area contributed by atoms with Gasteiger partial charge in [0.25, 0.3) is 0 Å². The van der Waals surface area contributed by atoms with Gasteiger partial charge in [-0.1, -0.05) is 44.6 Å². The minimum Gasteiger partial charge on any atom is -0.388 e. The van der Waals surface area contributed by atoms with E-state index in [9.17, 15) is 15.0 Å². The number of nitrogens with zero attached hydrogens (tertiary/aromatic N) is 1. The van der Waals surface area contributed by atoms with Crippen LogP contribution in [0.1, 0.15) is 71.6 Å². The molecule has 3 fully saturated rings. The molecule has 0 radical (unpaired) electrons. The van der Waals surface area contributed by atoms with Gasteiger partial charge in [0.15, 0.2) is 5.79 Å². The summed E-state index contributed by atoms with van der Waals surface area (Å²) in [5, 5.41) is 21.5. The van der Waals surface area contributed by atoms with Crippen LogP contribution in [-0.4, -0.2) is 53.6 Å². The summed E-state index contributed by atoms with van der Waals surface area (Å²) in [6.07, 6.45) is 11.5. The predicted octanol–water partition coefficient (Wildman–Crippen LogP) is 4.36. The van der Waals surface area contributed by atoms with Gasteiger partial charge in [-0.05, 0) is 60.5 Å². The summed E-state index contributed by atoms with van der Waals surface area (Å²) in [6, 6.07) is 0. The second-order valence-electron chi connectivity index (χ2n) is 10.3. The molecule has 3 aliphatic carbocycles. The van der Waals surface area contributed by atoms with E-state index in [4.69, 9.17) is 4.74 Å². The van der Waals surface area contributed by atoms with E-state index in [1.807, 2.05) is 6.08 Å². The maximum Gasteiger partial charge on any atom is 0.224 e. The highest BCUT2D eigenvalue weighted by atomic mass is 16.6. The maximum absolute atomic E-state index is 11.8. The van der Waals surface area contributed by atoms with Gasteiger partial charge in [0.05, 0.1) is 19.1 Å². The molecule has 0 bridgehead atoms. The maximum atomic E-state index is 11.8. The third-order valence-electron chi connectivity index (χ3n) is 8.13. The molecule has 1 amide bonds. The molecule has 2 N–H and O–H groups in total. The van der Waals surface area contributed by atoms with Crippen molar-refractivity contribution in [3.8, 4) is 0 Å². The highest BCUT2D eigenvalue weighted by Crippen LogP contribution is 2.58. The molecule has 0 heterocycles. The molecule has 5 nitrogen and oxygen atoms in total. The molecule has 174 valence electrons. The fourth-order valence-corrected chi connectivity index (χ4v) is 6.17. The van der Waals surface area contributed by atoms with Crippen LogP contribution in [0.4, 0.5) is 0 Å². The van der Waals surface area contributed by atoms with Gasteiger partial charge in [0.2, 0.25) is 5.91 Å². The van der Waals surface area contributed by atoms with Crippen LogP contribution in [0.15, 0.2) is 35.5 Å². The number of carbonyl (C=O) groups is 1. The summed E-state index contributed by atoms with van der Waals surface area (Å²) >= 11 is 0. The van der Waals surface area contributed by atoms with Crippen LogP contribution in [0.3, 0.4) is 0 Å². The Bertz CT molecular complexity index is 755. The zero-order valence-corrected chi connectivity index (χ0v) is 19.8. The lowest BCUT2D eigenvalue weighted by molar-refractivity contribution is -0.220. The monoisotopic (exact) mass is 431 g/mol. The number of aliphatic hydroxyl groups excluding tert-OH is 1.